The number of nitrogens with zero attached hydrogens (tertiary/aromatic N) is 9. The largest absolute Gasteiger partial charge is 0.305 e. The minimum atomic E-state index is -0.420. The molecule has 0 bridgehead atoms. The molecule has 11 aromatic carbocycles. The molecule has 0 N–H and O–H groups in total. The van der Waals surface area contributed by atoms with Gasteiger partial charge in [0.2, 0.25) is 0 Å². The number of fused-ring (bicyclic) bond motifs is 15. The highest BCUT2D eigenvalue weighted by atomic mass is 19.1. The van der Waals surface area contributed by atoms with Gasteiger partial charge in [-0.2, -0.15) is 0 Å². The molecular formula is C86H52FN9. The van der Waals surface area contributed by atoms with E-state index in [4.69, 9.17) is 0 Å². The van der Waals surface area contributed by atoms with Gasteiger partial charge < -0.3 is 22.8 Å². The van der Waals surface area contributed by atoms with E-state index in [2.05, 4.69) is 310 Å². The topological polar surface area (TPSA) is 76.2 Å². The third-order valence-electron chi connectivity index (χ3n) is 19.8. The molecule has 9 nitrogen and oxygen atoms in total. The Balaban J connectivity index is 1.09. The van der Waals surface area contributed by atoms with E-state index in [-0.39, 0.29) is 0 Å². The molecule has 0 aliphatic carbocycles. The first-order valence-corrected chi connectivity index (χ1v) is 32.3. The van der Waals surface area contributed by atoms with Crippen molar-refractivity contribution in [2.45, 2.75) is 0 Å². The normalized spacial score (nSPS) is 12.0. The van der Waals surface area contributed by atoms with Crippen LogP contribution < -0.4 is 0 Å². The van der Waals surface area contributed by atoms with Crippen molar-refractivity contribution in [3.63, 3.8) is 0 Å². The number of rotatable bonds is 9. The maximum atomic E-state index is 22.1. The molecular weight excluding hydrogens is 1180 g/mol. The van der Waals surface area contributed by atoms with E-state index in [9.17, 15) is 0 Å². The molecule has 0 fully saturated rings. The SMILES string of the molecule is Fc1c(-n2c3ccccc3c3ccccc32)c(-n2c3ccc(-c4ccncc4)cc3c3cc(-c4ccncc4)ccc32)c(-n2c3ccccc3c3ccccc32)c(-n2c3ccc(-c4ccncc4)cc3c3cc(-c4ccncc4)ccc32)c1-n1c2ccccc2c2ccccc21. The second kappa shape index (κ2) is 21.0. The standard InChI is InChI=1S/C86H52FN9/c87-81-82(92-71-19-7-1-13-61(71)62-14-2-8-20-72(62)92)84(95-77-29-25-57(53-33-41-88-42-34-53)49-67(77)68-50-58(26-30-78(68)95)54-35-43-89-44-36-54)86(94-75-23-11-5-17-65(75)66-18-6-12-24-76(66)94)85(83(81)93-73-21-9-3-15-63(73)64-16-4-10-22-74(64)93)96-79-31-27-59(55-37-45-90-46-38-55)51-69(79)70-52-60(28-32-80(70)96)56-39-47-91-48-40-56/h1-52H. The highest BCUT2D eigenvalue weighted by molar-refractivity contribution is 6.19. The Hall–Kier alpha value is -13.1. The van der Waals surface area contributed by atoms with E-state index in [0.29, 0.717) is 22.7 Å². The quantitative estimate of drug-likeness (QED) is 0.144. The smallest absolute Gasteiger partial charge is 0.175 e. The van der Waals surface area contributed by atoms with Crippen LogP contribution in [0.3, 0.4) is 0 Å². The fourth-order valence-electron chi connectivity index (χ4n) is 15.6. The third-order valence-corrected chi connectivity index (χ3v) is 19.8. The van der Waals surface area contributed by atoms with E-state index in [0.717, 1.165) is 159 Å². The summed E-state index contributed by atoms with van der Waals surface area (Å²) in [5.74, 6) is -0.420. The minimum absolute atomic E-state index is 0.376. The number of halogens is 1. The van der Waals surface area contributed by atoms with Crippen molar-refractivity contribution in [2.24, 2.45) is 0 Å². The predicted molar refractivity (Wildman–Crippen MR) is 391 cm³/mol. The van der Waals surface area contributed by atoms with Crippen LogP contribution in [0.4, 0.5) is 4.39 Å². The Morgan fingerprint density at radius 3 is 0.594 bits per heavy atom. The average molecular weight is 1230 g/mol. The summed E-state index contributed by atoms with van der Waals surface area (Å²) in [6, 6.07) is 94.8. The molecule has 10 heteroatoms. The van der Waals surface area contributed by atoms with Gasteiger partial charge in [0.15, 0.2) is 5.82 Å². The highest BCUT2D eigenvalue weighted by Crippen LogP contribution is 2.52. The Bertz CT molecular complexity index is 5890. The number of para-hydroxylation sites is 6. The van der Waals surface area contributed by atoms with Gasteiger partial charge in [-0.25, -0.2) is 4.39 Å². The van der Waals surface area contributed by atoms with Gasteiger partial charge >= 0.3 is 0 Å². The van der Waals surface area contributed by atoms with Gasteiger partial charge in [0.25, 0.3) is 0 Å². The van der Waals surface area contributed by atoms with Crippen LogP contribution in [0, 0.1) is 5.82 Å². The van der Waals surface area contributed by atoms with E-state index in [1.54, 1.807) is 0 Å². The lowest BCUT2D eigenvalue weighted by Crippen LogP contribution is -2.19. The maximum Gasteiger partial charge on any atom is 0.175 e. The molecule has 0 amide bonds. The number of hydrogen-bond acceptors (Lipinski definition) is 4. The monoisotopic (exact) mass is 1230 g/mol. The molecule has 0 aliphatic rings. The lowest BCUT2D eigenvalue weighted by molar-refractivity contribution is 0.611. The Kier molecular flexibility index (Phi) is 11.7. The fraction of sp³-hybridized carbons (Fsp3) is 0. The second-order valence-corrected chi connectivity index (χ2v) is 24.7. The number of hydrogen-bond donors (Lipinski definition) is 0. The lowest BCUT2D eigenvalue weighted by atomic mass is 10.0. The van der Waals surface area contributed by atoms with Crippen molar-refractivity contribution in [1.82, 2.24) is 42.8 Å². The summed E-state index contributed by atoms with van der Waals surface area (Å²) in [5, 5.41) is 10.1. The van der Waals surface area contributed by atoms with Crippen LogP contribution in [-0.2, 0) is 0 Å². The van der Waals surface area contributed by atoms with Crippen molar-refractivity contribution >= 4 is 109 Å². The van der Waals surface area contributed by atoms with Crippen LogP contribution in [0.2, 0.25) is 0 Å². The molecule has 0 spiro atoms. The van der Waals surface area contributed by atoms with Crippen LogP contribution in [0.1, 0.15) is 0 Å². The van der Waals surface area contributed by atoms with Gasteiger partial charge in [0.1, 0.15) is 22.7 Å². The van der Waals surface area contributed by atoms with Crippen molar-refractivity contribution in [1.29, 1.82) is 0 Å². The molecule has 0 saturated heterocycles. The van der Waals surface area contributed by atoms with E-state index >= 15 is 4.39 Å². The summed E-state index contributed by atoms with van der Waals surface area (Å²) in [6.07, 6.45) is 14.8. The molecule has 9 heterocycles. The van der Waals surface area contributed by atoms with Crippen LogP contribution in [0.15, 0.2) is 316 Å². The number of aromatic nitrogens is 9. The molecule has 0 atom stereocenters. The van der Waals surface area contributed by atoms with Crippen molar-refractivity contribution < 1.29 is 4.39 Å². The predicted octanol–water partition coefficient (Wildman–Crippen LogP) is 21.6. The summed E-state index contributed by atoms with van der Waals surface area (Å²) in [5.41, 5.74) is 19.9. The first kappa shape index (κ1) is 53.6. The van der Waals surface area contributed by atoms with Crippen LogP contribution >= 0.6 is 0 Å². The molecule has 0 radical (unpaired) electrons. The summed E-state index contributed by atoms with van der Waals surface area (Å²) >= 11 is 0. The zero-order chi connectivity index (χ0) is 63.1. The van der Waals surface area contributed by atoms with Gasteiger partial charge in [-0.15, -0.1) is 0 Å². The number of pyridine rings is 4. The molecule has 9 aromatic heterocycles. The minimum Gasteiger partial charge on any atom is -0.305 e. The molecule has 448 valence electrons. The number of benzene rings is 11. The zero-order valence-corrected chi connectivity index (χ0v) is 51.4. The lowest BCUT2D eigenvalue weighted by Gasteiger charge is -2.29. The summed E-state index contributed by atoms with van der Waals surface area (Å²) < 4.78 is 33.8. The molecule has 0 aliphatic heterocycles. The van der Waals surface area contributed by atoms with Gasteiger partial charge in [0, 0.05) is 103 Å². The Morgan fingerprint density at radius 1 is 0.177 bits per heavy atom. The van der Waals surface area contributed by atoms with E-state index in [1.165, 1.54) is 0 Å². The molecule has 0 unspecified atom stereocenters. The first-order chi connectivity index (χ1) is 47.6. The van der Waals surface area contributed by atoms with Gasteiger partial charge in [-0.1, -0.05) is 133 Å². The molecule has 0 saturated carbocycles. The van der Waals surface area contributed by atoms with Crippen molar-refractivity contribution in [3.05, 3.63) is 322 Å². The van der Waals surface area contributed by atoms with Crippen LogP contribution in [0.25, 0.3) is 182 Å². The summed E-state index contributed by atoms with van der Waals surface area (Å²) in [4.78, 5) is 17.8. The Morgan fingerprint density at radius 2 is 0.365 bits per heavy atom. The average Bonchev–Trinajstić information content (AvgIpc) is 1.46. The highest BCUT2D eigenvalue weighted by Gasteiger charge is 2.37. The molecule has 20 rings (SSSR count). The maximum absolute atomic E-state index is 22.1. The van der Waals surface area contributed by atoms with Crippen LogP contribution in [-0.4, -0.2) is 42.8 Å². The van der Waals surface area contributed by atoms with Gasteiger partial charge in [0.05, 0.1) is 60.9 Å². The van der Waals surface area contributed by atoms with Crippen LogP contribution in [0.5, 0.6) is 0 Å². The second-order valence-electron chi connectivity index (χ2n) is 24.7. The fourth-order valence-corrected chi connectivity index (χ4v) is 15.6. The third kappa shape index (κ3) is 7.84. The van der Waals surface area contributed by atoms with Gasteiger partial charge in [-0.3, -0.25) is 19.9 Å². The molecule has 96 heavy (non-hydrogen) atoms. The molecule has 20 aromatic rings. The first-order valence-electron chi connectivity index (χ1n) is 32.3. The zero-order valence-electron chi connectivity index (χ0n) is 51.4. The van der Waals surface area contributed by atoms with E-state index < -0.39 is 5.82 Å². The van der Waals surface area contributed by atoms with Crippen molar-refractivity contribution in [2.75, 3.05) is 0 Å². The summed E-state index contributed by atoms with van der Waals surface area (Å²) in [6.45, 7) is 0. The van der Waals surface area contributed by atoms with Gasteiger partial charge in [-0.05, 0) is 178 Å². The Labute approximate surface area is 548 Å². The van der Waals surface area contributed by atoms with E-state index in [1.807, 2.05) is 49.6 Å². The van der Waals surface area contributed by atoms with Crippen molar-refractivity contribution in [3.8, 4) is 72.9 Å². The summed E-state index contributed by atoms with van der Waals surface area (Å²) in [7, 11) is 0.